The van der Waals surface area contributed by atoms with Gasteiger partial charge in [-0.05, 0) is 50.1 Å². The van der Waals surface area contributed by atoms with Crippen molar-refractivity contribution in [1.82, 2.24) is 14.5 Å². The van der Waals surface area contributed by atoms with Gasteiger partial charge in [-0.3, -0.25) is 14.9 Å². The number of ether oxygens (including phenoxy) is 3. The van der Waals surface area contributed by atoms with Crippen molar-refractivity contribution in [2.24, 2.45) is 0 Å². The molecular formula is C25H30N4O9S2. The van der Waals surface area contributed by atoms with Crippen LogP contribution in [0.25, 0.3) is 0 Å². The fourth-order valence-corrected chi connectivity index (χ4v) is 6.98. The molecule has 0 aliphatic carbocycles. The highest BCUT2D eigenvalue weighted by Crippen LogP contribution is 2.37. The second kappa shape index (κ2) is 12.8. The summed E-state index contributed by atoms with van der Waals surface area (Å²) in [5, 5.41) is 5.07. The molecule has 40 heavy (non-hydrogen) atoms. The van der Waals surface area contributed by atoms with E-state index in [1.165, 1.54) is 33.5 Å². The fourth-order valence-electron chi connectivity index (χ4n) is 4.31. The number of thiophene rings is 1. The molecular weight excluding hydrogens is 564 g/mol. The molecule has 13 nitrogen and oxygen atoms in total. The summed E-state index contributed by atoms with van der Waals surface area (Å²) < 4.78 is 42.2. The Bertz CT molecular complexity index is 1380. The molecule has 0 unspecified atom stereocenters. The van der Waals surface area contributed by atoms with Gasteiger partial charge < -0.3 is 24.4 Å². The number of sulfonamides is 1. The smallest absolute Gasteiger partial charge is 0.414 e. The van der Waals surface area contributed by atoms with Crippen LogP contribution < -0.4 is 10.6 Å². The number of rotatable bonds is 7. The van der Waals surface area contributed by atoms with Crippen LogP contribution in [0.3, 0.4) is 0 Å². The number of fused-ring (bicyclic) bond motifs is 1. The second-order valence-electron chi connectivity index (χ2n) is 8.75. The summed E-state index contributed by atoms with van der Waals surface area (Å²) in [6.07, 6.45) is -1.11. The number of nitrogens with zero attached hydrogens (tertiary/aromatic N) is 2. The Hall–Kier alpha value is -3.53. The monoisotopic (exact) mass is 594 g/mol. The number of hydrogen-bond donors (Lipinski definition) is 2. The Morgan fingerprint density at radius 1 is 0.975 bits per heavy atom. The van der Waals surface area contributed by atoms with Gasteiger partial charge in [0, 0.05) is 30.1 Å². The number of imide groups is 1. The zero-order valence-electron chi connectivity index (χ0n) is 22.1. The first kappa shape index (κ1) is 29.5. The second-order valence-corrected chi connectivity index (χ2v) is 11.8. The summed E-state index contributed by atoms with van der Waals surface area (Å²) in [4.78, 5) is 52.6. The SMILES string of the molecule is CCOC(=O)NC(=O)c1c(NC(=O)c2ccc(S(=O)(=O)N3CCOCC3)cc2)sc2c1CCN(C(=O)OCC)C2. The van der Waals surface area contributed by atoms with Gasteiger partial charge in [0.15, 0.2) is 0 Å². The third kappa shape index (κ3) is 6.43. The van der Waals surface area contributed by atoms with Crippen LogP contribution in [-0.2, 0) is 37.2 Å². The van der Waals surface area contributed by atoms with Gasteiger partial charge in [0.25, 0.3) is 11.8 Å². The first-order valence-electron chi connectivity index (χ1n) is 12.7. The van der Waals surface area contributed by atoms with E-state index in [1.807, 2.05) is 0 Å². The zero-order chi connectivity index (χ0) is 28.9. The first-order valence-corrected chi connectivity index (χ1v) is 14.9. The van der Waals surface area contributed by atoms with Gasteiger partial charge in [0.05, 0.1) is 43.4 Å². The van der Waals surface area contributed by atoms with Crippen molar-refractivity contribution >= 4 is 50.4 Å². The lowest BCUT2D eigenvalue weighted by Crippen LogP contribution is -2.40. The van der Waals surface area contributed by atoms with Gasteiger partial charge in [-0.15, -0.1) is 11.3 Å². The summed E-state index contributed by atoms with van der Waals surface area (Å²) in [6, 6.07) is 5.48. The molecule has 4 amide bonds. The van der Waals surface area contributed by atoms with Crippen LogP contribution in [-0.4, -0.2) is 87.7 Å². The van der Waals surface area contributed by atoms with E-state index in [1.54, 1.807) is 13.8 Å². The molecule has 15 heteroatoms. The number of carbonyl (C=O) groups is 4. The molecule has 0 saturated carbocycles. The van der Waals surface area contributed by atoms with Crippen LogP contribution in [0.15, 0.2) is 29.2 Å². The average Bonchev–Trinajstić information content (AvgIpc) is 3.30. The molecule has 0 spiro atoms. The summed E-state index contributed by atoms with van der Waals surface area (Å²) in [5.41, 5.74) is 0.878. The van der Waals surface area contributed by atoms with Crippen molar-refractivity contribution in [2.75, 3.05) is 51.4 Å². The molecule has 1 aromatic heterocycles. The number of alkyl carbamates (subject to hydrolysis) is 1. The van der Waals surface area contributed by atoms with Crippen LogP contribution in [0.1, 0.15) is 45.0 Å². The van der Waals surface area contributed by atoms with Gasteiger partial charge >= 0.3 is 12.2 Å². The Morgan fingerprint density at radius 2 is 1.65 bits per heavy atom. The molecule has 1 saturated heterocycles. The van der Waals surface area contributed by atoms with Gasteiger partial charge in [-0.2, -0.15) is 4.31 Å². The molecule has 1 fully saturated rings. The van der Waals surface area contributed by atoms with Crippen molar-refractivity contribution in [1.29, 1.82) is 0 Å². The van der Waals surface area contributed by atoms with E-state index in [4.69, 9.17) is 14.2 Å². The van der Waals surface area contributed by atoms with E-state index in [9.17, 15) is 27.6 Å². The maximum absolute atomic E-state index is 13.2. The molecule has 216 valence electrons. The van der Waals surface area contributed by atoms with Crippen LogP contribution in [0, 0.1) is 0 Å². The normalized spacial score (nSPS) is 15.6. The van der Waals surface area contributed by atoms with Crippen LogP contribution in [0.4, 0.5) is 14.6 Å². The first-order chi connectivity index (χ1) is 19.1. The van der Waals surface area contributed by atoms with E-state index >= 15 is 0 Å². The number of hydrogen-bond acceptors (Lipinski definition) is 10. The molecule has 1 aromatic carbocycles. The zero-order valence-corrected chi connectivity index (χ0v) is 23.7. The molecule has 0 radical (unpaired) electrons. The average molecular weight is 595 g/mol. The standard InChI is InChI=1S/C25H30N4O9S2/c1-3-37-24(32)27-22(31)20-18-9-10-28(25(33)38-4-2)15-19(18)39-23(20)26-21(30)16-5-7-17(8-6-16)40(34,35)29-11-13-36-14-12-29/h5-8H,3-4,9-15H2,1-2H3,(H,26,30)(H,27,31,32). The van der Waals surface area contributed by atoms with Crippen molar-refractivity contribution in [2.45, 2.75) is 31.7 Å². The van der Waals surface area contributed by atoms with Crippen molar-refractivity contribution in [3.05, 3.63) is 45.8 Å². The predicted octanol–water partition coefficient (Wildman–Crippen LogP) is 2.42. The molecule has 4 rings (SSSR count). The summed E-state index contributed by atoms with van der Waals surface area (Å²) in [5.74, 6) is -1.33. The lowest BCUT2D eigenvalue weighted by Gasteiger charge is -2.26. The minimum absolute atomic E-state index is 0.0473. The largest absolute Gasteiger partial charge is 0.450 e. The lowest BCUT2D eigenvalue weighted by molar-refractivity contribution is 0.0730. The number of benzene rings is 1. The van der Waals surface area contributed by atoms with Gasteiger partial charge in [0.1, 0.15) is 5.00 Å². The summed E-state index contributed by atoms with van der Waals surface area (Å²) in [6.45, 7) is 5.16. The number of amides is 4. The van der Waals surface area contributed by atoms with E-state index in [2.05, 4.69) is 10.6 Å². The number of carbonyl (C=O) groups excluding carboxylic acids is 4. The van der Waals surface area contributed by atoms with E-state index in [-0.39, 0.29) is 60.4 Å². The summed E-state index contributed by atoms with van der Waals surface area (Å²) >= 11 is 1.11. The topological polar surface area (TPSA) is 161 Å². The van der Waals surface area contributed by atoms with Crippen LogP contribution in [0.5, 0.6) is 0 Å². The van der Waals surface area contributed by atoms with Gasteiger partial charge in [-0.25, -0.2) is 18.0 Å². The van der Waals surface area contributed by atoms with E-state index in [0.29, 0.717) is 30.1 Å². The Morgan fingerprint density at radius 3 is 2.30 bits per heavy atom. The van der Waals surface area contributed by atoms with Crippen LogP contribution in [0.2, 0.25) is 0 Å². The third-order valence-corrected chi connectivity index (χ3v) is 9.30. The number of morpholine rings is 1. The number of nitrogens with one attached hydrogen (secondary N) is 2. The quantitative estimate of drug-likeness (QED) is 0.491. The Balaban J connectivity index is 1.57. The van der Waals surface area contributed by atoms with Crippen molar-refractivity contribution in [3.63, 3.8) is 0 Å². The molecule has 0 bridgehead atoms. The Labute approximate surface area is 235 Å². The molecule has 3 heterocycles. The summed E-state index contributed by atoms with van der Waals surface area (Å²) in [7, 11) is -3.73. The molecule has 2 N–H and O–H groups in total. The lowest BCUT2D eigenvalue weighted by atomic mass is 10.0. The highest BCUT2D eigenvalue weighted by molar-refractivity contribution is 7.89. The molecule has 2 aliphatic heterocycles. The minimum Gasteiger partial charge on any atom is -0.450 e. The molecule has 2 aliphatic rings. The van der Waals surface area contributed by atoms with Crippen molar-refractivity contribution in [3.8, 4) is 0 Å². The highest BCUT2D eigenvalue weighted by atomic mass is 32.2. The molecule has 2 aromatic rings. The third-order valence-electron chi connectivity index (χ3n) is 6.25. The minimum atomic E-state index is -3.73. The van der Waals surface area contributed by atoms with E-state index < -0.39 is 34.0 Å². The maximum Gasteiger partial charge on any atom is 0.414 e. The Kier molecular flexibility index (Phi) is 9.40. The highest BCUT2D eigenvalue weighted by Gasteiger charge is 2.32. The van der Waals surface area contributed by atoms with Crippen LogP contribution >= 0.6 is 11.3 Å². The predicted molar refractivity (Wildman–Crippen MR) is 144 cm³/mol. The van der Waals surface area contributed by atoms with Crippen molar-refractivity contribution < 1.29 is 41.8 Å². The fraction of sp³-hybridized carbons (Fsp3) is 0.440. The maximum atomic E-state index is 13.2. The van der Waals surface area contributed by atoms with Gasteiger partial charge in [0.2, 0.25) is 10.0 Å². The molecule has 0 atom stereocenters. The van der Waals surface area contributed by atoms with Gasteiger partial charge in [-0.1, -0.05) is 0 Å². The van der Waals surface area contributed by atoms with E-state index in [0.717, 1.165) is 11.3 Å². The number of anilines is 1.